The van der Waals surface area contributed by atoms with Gasteiger partial charge < -0.3 is 45.9 Å². The molecule has 0 bridgehead atoms. The molecular weight excluding hydrogens is 674 g/mol. The molecule has 3 aliphatic carbocycles. The van der Waals surface area contributed by atoms with E-state index in [2.05, 4.69) is 10.6 Å². The minimum absolute atomic E-state index is 0.0449. The summed E-state index contributed by atoms with van der Waals surface area (Å²) in [5.74, 6) is -4.81. The predicted octanol–water partition coefficient (Wildman–Crippen LogP) is 2.15. The lowest BCUT2D eigenvalue weighted by Crippen LogP contribution is -2.57. The van der Waals surface area contributed by atoms with Gasteiger partial charge in [0.05, 0.1) is 29.7 Å². The fraction of sp³-hybridized carbons (Fsp3) is 0.553. The lowest BCUT2D eigenvalue weighted by molar-refractivity contribution is -0.160. The van der Waals surface area contributed by atoms with Crippen molar-refractivity contribution in [2.24, 2.45) is 22.5 Å². The number of carboxylic acid groups (broad SMARTS) is 1. The molecule has 4 aliphatic rings. The van der Waals surface area contributed by atoms with Gasteiger partial charge in [-0.25, -0.2) is 9.59 Å². The van der Waals surface area contributed by atoms with Gasteiger partial charge in [-0.2, -0.15) is 0 Å². The zero-order valence-electron chi connectivity index (χ0n) is 30.0. The normalized spacial score (nSPS) is 30.2. The molecule has 7 N–H and O–H groups in total. The van der Waals surface area contributed by atoms with Crippen LogP contribution in [0.1, 0.15) is 64.9 Å². The quantitative estimate of drug-likeness (QED) is 0.0921. The minimum atomic E-state index is -1.33. The summed E-state index contributed by atoms with van der Waals surface area (Å²) in [5, 5.41) is 37.8. The Morgan fingerprint density at radius 3 is 2.50 bits per heavy atom. The Balaban J connectivity index is 1.31. The minimum Gasteiger partial charge on any atom is -0.504 e. The maximum atomic E-state index is 14.1. The van der Waals surface area contributed by atoms with Crippen LogP contribution in [0.2, 0.25) is 0 Å². The summed E-state index contributed by atoms with van der Waals surface area (Å²) >= 11 is 0. The van der Waals surface area contributed by atoms with Crippen molar-refractivity contribution in [3.05, 3.63) is 70.1 Å². The van der Waals surface area contributed by atoms with Gasteiger partial charge in [0.25, 0.3) is 0 Å². The van der Waals surface area contributed by atoms with Crippen molar-refractivity contribution in [1.82, 2.24) is 10.6 Å². The molecule has 0 unspecified atom stereocenters. The Labute approximate surface area is 302 Å². The number of nitrogens with two attached hydrogens (primary N) is 1. The van der Waals surface area contributed by atoms with Gasteiger partial charge in [-0.15, -0.1) is 0 Å². The van der Waals surface area contributed by atoms with E-state index in [0.717, 1.165) is 5.56 Å². The standard InChI is InChI=1S/C38H49N3O11/c1-20(42)51-26-17-37(2)23(13-14-27(37)43)29-31(26)38(3)28(19-50-4)52-36(49)22(30(38)33(45)32(29)44)18-40-15-9-8-12-24(39)34(46)41-25(35(47)48)16-21-10-6-5-7-11-21/h5-7,10-11,18,23-28,40,43,45H,8-9,12-17,19,39H2,1-4H3,(H,41,46)(H,47,48)/b22-18-/t23-,24-,25-,26+,27-,28+,37-,38-/m0/s1. The van der Waals surface area contributed by atoms with Crippen LogP contribution in [0.25, 0.3) is 0 Å². The molecule has 2 fully saturated rings. The number of ether oxygens (including phenoxy) is 3. The molecule has 1 aromatic carbocycles. The highest BCUT2D eigenvalue weighted by Crippen LogP contribution is 2.63. The Morgan fingerprint density at radius 2 is 1.85 bits per heavy atom. The van der Waals surface area contributed by atoms with Crippen molar-refractivity contribution < 1.29 is 53.5 Å². The summed E-state index contributed by atoms with van der Waals surface area (Å²) in [7, 11) is 1.44. The number of carboxylic acids is 1. The van der Waals surface area contributed by atoms with Crippen molar-refractivity contribution in [1.29, 1.82) is 0 Å². The molecule has 0 spiro atoms. The number of unbranched alkanes of at least 4 members (excludes halogenated alkanes) is 1. The highest BCUT2D eigenvalue weighted by Gasteiger charge is 2.64. The van der Waals surface area contributed by atoms with E-state index in [1.165, 1.54) is 20.2 Å². The molecule has 0 aromatic heterocycles. The first-order valence-corrected chi connectivity index (χ1v) is 17.7. The number of nitrogens with one attached hydrogen (secondary N) is 2. The van der Waals surface area contributed by atoms with E-state index < -0.39 is 82.5 Å². The number of aliphatic hydroxyl groups is 2. The highest BCUT2D eigenvalue weighted by atomic mass is 16.6. The monoisotopic (exact) mass is 723 g/mol. The Morgan fingerprint density at radius 1 is 1.13 bits per heavy atom. The topological polar surface area (TPSA) is 224 Å². The molecule has 1 amide bonds. The number of carbonyl (C=O) groups is 5. The third-order valence-corrected chi connectivity index (χ3v) is 11.2. The summed E-state index contributed by atoms with van der Waals surface area (Å²) < 4.78 is 17.2. The molecule has 1 saturated carbocycles. The van der Waals surface area contributed by atoms with Crippen LogP contribution in [0.5, 0.6) is 0 Å². The van der Waals surface area contributed by atoms with Crippen LogP contribution in [0, 0.1) is 16.7 Å². The molecule has 5 rings (SSSR count). The van der Waals surface area contributed by atoms with Crippen molar-refractivity contribution in [2.75, 3.05) is 20.3 Å². The molecular formula is C38H49N3O11. The van der Waals surface area contributed by atoms with E-state index in [0.29, 0.717) is 37.8 Å². The van der Waals surface area contributed by atoms with E-state index >= 15 is 0 Å². The molecule has 1 aliphatic heterocycles. The molecule has 1 heterocycles. The van der Waals surface area contributed by atoms with Gasteiger partial charge in [-0.05, 0) is 62.5 Å². The average Bonchev–Trinajstić information content (AvgIpc) is 3.39. The number of aliphatic hydroxyl groups excluding tert-OH is 2. The lowest BCUT2D eigenvalue weighted by Gasteiger charge is -2.54. The smallest absolute Gasteiger partial charge is 0.340 e. The molecule has 8 atom stereocenters. The summed E-state index contributed by atoms with van der Waals surface area (Å²) in [6.07, 6.45) is 1.26. The third-order valence-electron chi connectivity index (χ3n) is 11.2. The Kier molecular flexibility index (Phi) is 11.6. The fourth-order valence-corrected chi connectivity index (χ4v) is 8.51. The number of cyclic esters (lactones) is 1. The summed E-state index contributed by atoms with van der Waals surface area (Å²) in [6.45, 7) is 5.12. The first-order valence-electron chi connectivity index (χ1n) is 17.7. The first kappa shape index (κ1) is 38.7. The maximum absolute atomic E-state index is 14.1. The van der Waals surface area contributed by atoms with Crippen LogP contribution < -0.4 is 16.4 Å². The van der Waals surface area contributed by atoms with Crippen LogP contribution in [0.3, 0.4) is 0 Å². The van der Waals surface area contributed by atoms with E-state index in [4.69, 9.17) is 19.9 Å². The highest BCUT2D eigenvalue weighted by molar-refractivity contribution is 6.13. The number of hydrogen-bond donors (Lipinski definition) is 6. The van der Waals surface area contributed by atoms with Gasteiger partial charge in [-0.1, -0.05) is 37.3 Å². The number of hydrogen-bond acceptors (Lipinski definition) is 12. The SMILES string of the molecule is COC[C@H]1OC(=O)/C(=C\NCCCC[C@H](N)C(=O)N[C@@H](Cc2ccccc2)C(=O)O)C2=C(O)C(=O)C3=C([C@H](OC(C)=O)C[C@]4(C)[C@@H](O)CC[C@@H]34)[C@]21C. The van der Waals surface area contributed by atoms with E-state index in [1.807, 2.05) is 13.0 Å². The van der Waals surface area contributed by atoms with Gasteiger partial charge in [0.15, 0.2) is 5.76 Å². The summed E-state index contributed by atoms with van der Waals surface area (Å²) in [5.41, 5.74) is 5.44. The van der Waals surface area contributed by atoms with E-state index in [-0.39, 0.29) is 42.6 Å². The number of esters is 2. The van der Waals surface area contributed by atoms with Gasteiger partial charge in [-0.3, -0.25) is 14.4 Å². The number of carbonyl (C=O) groups excluding carboxylic acids is 4. The second-order valence-electron chi connectivity index (χ2n) is 14.6. The second-order valence-corrected chi connectivity index (χ2v) is 14.6. The zero-order chi connectivity index (χ0) is 38.0. The first-order chi connectivity index (χ1) is 24.6. The molecule has 52 heavy (non-hydrogen) atoms. The molecule has 14 nitrogen and oxygen atoms in total. The number of allylic oxidation sites excluding steroid dienone is 1. The molecule has 282 valence electrons. The van der Waals surface area contributed by atoms with Crippen molar-refractivity contribution >= 4 is 29.6 Å². The third kappa shape index (κ3) is 7.24. The zero-order valence-corrected chi connectivity index (χ0v) is 30.0. The van der Waals surface area contributed by atoms with Crippen molar-refractivity contribution in [3.63, 3.8) is 0 Å². The number of aliphatic carboxylic acids is 1. The van der Waals surface area contributed by atoms with Crippen LogP contribution in [-0.4, -0.2) is 95.6 Å². The van der Waals surface area contributed by atoms with Crippen molar-refractivity contribution in [2.45, 2.75) is 96.1 Å². The Hall–Kier alpha value is -4.53. The fourth-order valence-electron chi connectivity index (χ4n) is 8.51. The number of methoxy groups -OCH3 is 1. The molecule has 14 heteroatoms. The van der Waals surface area contributed by atoms with E-state index in [1.54, 1.807) is 31.2 Å². The van der Waals surface area contributed by atoms with Gasteiger partial charge in [0.2, 0.25) is 11.7 Å². The number of rotatable bonds is 14. The van der Waals surface area contributed by atoms with Crippen LogP contribution >= 0.6 is 0 Å². The molecule has 1 saturated heterocycles. The van der Waals surface area contributed by atoms with Gasteiger partial charge >= 0.3 is 17.9 Å². The maximum Gasteiger partial charge on any atom is 0.340 e. The van der Waals surface area contributed by atoms with Crippen molar-refractivity contribution in [3.8, 4) is 0 Å². The predicted molar refractivity (Wildman–Crippen MR) is 186 cm³/mol. The number of ketones is 1. The Bertz CT molecular complexity index is 1690. The number of benzene rings is 1. The van der Waals surface area contributed by atoms with Gasteiger partial charge in [0, 0.05) is 49.8 Å². The van der Waals surface area contributed by atoms with Gasteiger partial charge in [0.1, 0.15) is 18.2 Å². The average molecular weight is 724 g/mol. The largest absolute Gasteiger partial charge is 0.504 e. The van der Waals surface area contributed by atoms with E-state index in [9.17, 15) is 39.3 Å². The number of Topliss-reactive ketones (excluding diaryl/α,β-unsaturated/α-hetero) is 1. The molecule has 0 radical (unpaired) electrons. The van der Waals surface area contributed by atoms with Crippen LogP contribution in [0.15, 0.2) is 64.6 Å². The summed E-state index contributed by atoms with van der Waals surface area (Å²) in [6, 6.07) is 6.88. The number of amides is 1. The summed E-state index contributed by atoms with van der Waals surface area (Å²) in [4.78, 5) is 64.5. The number of fused-ring (bicyclic) bond motifs is 4. The van der Waals surface area contributed by atoms with Crippen LogP contribution in [-0.2, 0) is 44.6 Å². The van der Waals surface area contributed by atoms with Crippen LogP contribution in [0.4, 0.5) is 0 Å². The second kappa shape index (κ2) is 15.6. The molecule has 1 aromatic rings. The lowest BCUT2D eigenvalue weighted by atomic mass is 9.53.